The molecule has 13 heteroatoms. The van der Waals surface area contributed by atoms with Gasteiger partial charge in [-0.3, -0.25) is 4.31 Å². The summed E-state index contributed by atoms with van der Waals surface area (Å²) in [5, 5.41) is 15.0. The molecule has 0 radical (unpaired) electrons. The van der Waals surface area contributed by atoms with Gasteiger partial charge in [0.05, 0.1) is 35.9 Å². The molecule has 0 unspecified atom stereocenters. The van der Waals surface area contributed by atoms with Gasteiger partial charge in [-0.05, 0) is 47.7 Å². The van der Waals surface area contributed by atoms with Crippen LogP contribution in [0.5, 0.6) is 0 Å². The number of nitrogens with zero attached hydrogens (tertiary/aromatic N) is 4. The standard InChI is InChI=1S/C29H32F3N5O3S2/c1-36(27-24-14-23(15-29(30,31)32)41-28(24)35-17-34-27)25-12-21(13-26(25)38)33-16-18-7-9-19(10-8-18)20-5-4-6-22(11-20)37(2)42(3,39)40/h4-11,14,17,21,25-26,33,38H,12-13,15-16H2,1-3H3/t21-,25+,26-/m1/s1. The SMILES string of the molecule is CN(c1ncnc2sc(CC(F)(F)F)cc12)[C@H]1C[C@@H](NCc2ccc(-c3cccc(N(C)S(C)(=O)=O)c3)cc2)C[C@H]1O. The van der Waals surface area contributed by atoms with Gasteiger partial charge in [-0.2, -0.15) is 13.2 Å². The van der Waals surface area contributed by atoms with Crippen molar-refractivity contribution in [2.24, 2.45) is 0 Å². The van der Waals surface area contributed by atoms with Crippen LogP contribution in [0.3, 0.4) is 0 Å². The van der Waals surface area contributed by atoms with Gasteiger partial charge in [-0.25, -0.2) is 18.4 Å². The van der Waals surface area contributed by atoms with E-state index in [0.717, 1.165) is 28.0 Å². The van der Waals surface area contributed by atoms with E-state index in [2.05, 4.69) is 15.3 Å². The summed E-state index contributed by atoms with van der Waals surface area (Å²) in [5.41, 5.74) is 3.51. The molecule has 2 aromatic heterocycles. The molecule has 2 aromatic carbocycles. The molecule has 0 spiro atoms. The Bertz CT molecular complexity index is 1660. The number of fused-ring (bicyclic) bond motifs is 1. The summed E-state index contributed by atoms with van der Waals surface area (Å²) in [6.07, 6.45) is -2.26. The lowest BCUT2D eigenvalue weighted by Gasteiger charge is -2.28. The summed E-state index contributed by atoms with van der Waals surface area (Å²) in [5.74, 6) is 0.511. The highest BCUT2D eigenvalue weighted by Gasteiger charge is 2.37. The van der Waals surface area contributed by atoms with Gasteiger partial charge in [-0.1, -0.05) is 36.4 Å². The van der Waals surface area contributed by atoms with Crippen molar-refractivity contribution in [3.05, 3.63) is 71.4 Å². The number of anilines is 2. The van der Waals surface area contributed by atoms with Crippen LogP contribution >= 0.6 is 11.3 Å². The third kappa shape index (κ3) is 6.86. The third-order valence-corrected chi connectivity index (χ3v) is 9.90. The summed E-state index contributed by atoms with van der Waals surface area (Å²) >= 11 is 1.01. The summed E-state index contributed by atoms with van der Waals surface area (Å²) in [6.45, 7) is 0.591. The molecule has 42 heavy (non-hydrogen) atoms. The average Bonchev–Trinajstić information content (AvgIpc) is 3.52. The van der Waals surface area contributed by atoms with Crippen LogP contribution in [-0.2, 0) is 23.0 Å². The van der Waals surface area contributed by atoms with E-state index in [-0.39, 0.29) is 17.0 Å². The molecule has 8 nitrogen and oxygen atoms in total. The number of rotatable bonds is 9. The first kappa shape index (κ1) is 30.2. The van der Waals surface area contributed by atoms with Crippen LogP contribution in [0, 0.1) is 0 Å². The zero-order chi connectivity index (χ0) is 30.2. The van der Waals surface area contributed by atoms with Crippen molar-refractivity contribution in [1.82, 2.24) is 15.3 Å². The number of hydrogen-bond donors (Lipinski definition) is 2. The molecule has 0 aliphatic heterocycles. The molecule has 2 N–H and O–H groups in total. The first-order valence-corrected chi connectivity index (χ1v) is 16.0. The Labute approximate surface area is 246 Å². The van der Waals surface area contributed by atoms with Crippen molar-refractivity contribution in [2.75, 3.05) is 29.6 Å². The second-order valence-electron chi connectivity index (χ2n) is 10.7. The first-order chi connectivity index (χ1) is 19.8. The molecule has 0 bridgehead atoms. The van der Waals surface area contributed by atoms with Crippen molar-refractivity contribution in [1.29, 1.82) is 0 Å². The molecule has 0 saturated heterocycles. The Morgan fingerprint density at radius 1 is 1.05 bits per heavy atom. The minimum Gasteiger partial charge on any atom is -0.391 e. The van der Waals surface area contributed by atoms with E-state index >= 15 is 0 Å². The minimum absolute atomic E-state index is 0.0379. The number of thiophene rings is 1. The molecular weight excluding hydrogens is 587 g/mol. The minimum atomic E-state index is -4.30. The smallest absolute Gasteiger partial charge is 0.391 e. The average molecular weight is 620 g/mol. The zero-order valence-corrected chi connectivity index (χ0v) is 25.0. The van der Waals surface area contributed by atoms with Crippen LogP contribution in [-0.4, -0.2) is 68.2 Å². The van der Waals surface area contributed by atoms with Gasteiger partial charge in [0.1, 0.15) is 17.0 Å². The zero-order valence-electron chi connectivity index (χ0n) is 23.3. The number of hydrogen-bond acceptors (Lipinski definition) is 8. The summed E-state index contributed by atoms with van der Waals surface area (Å²) in [7, 11) is -0.0302. The maximum atomic E-state index is 12.9. The van der Waals surface area contributed by atoms with Crippen LogP contribution in [0.2, 0.25) is 0 Å². The summed E-state index contributed by atoms with van der Waals surface area (Å²) in [4.78, 5) is 11.0. The van der Waals surface area contributed by atoms with E-state index < -0.39 is 28.7 Å². The number of aliphatic hydroxyl groups is 1. The molecule has 1 saturated carbocycles. The Balaban J connectivity index is 1.22. The maximum Gasteiger partial charge on any atom is 0.393 e. The normalized spacial score (nSPS) is 19.4. The van der Waals surface area contributed by atoms with Crippen molar-refractivity contribution in [3.8, 4) is 11.1 Å². The molecule has 1 aliphatic carbocycles. The van der Waals surface area contributed by atoms with Crippen LogP contribution in [0.4, 0.5) is 24.7 Å². The number of nitrogens with one attached hydrogen (secondary N) is 1. The molecule has 4 aromatic rings. The molecule has 1 fully saturated rings. The van der Waals surface area contributed by atoms with Crippen LogP contribution < -0.4 is 14.5 Å². The van der Waals surface area contributed by atoms with Gasteiger partial charge >= 0.3 is 6.18 Å². The van der Waals surface area contributed by atoms with Gasteiger partial charge in [0.15, 0.2) is 0 Å². The van der Waals surface area contributed by atoms with Crippen molar-refractivity contribution in [3.63, 3.8) is 0 Å². The van der Waals surface area contributed by atoms with E-state index in [9.17, 15) is 26.7 Å². The maximum absolute atomic E-state index is 12.9. The van der Waals surface area contributed by atoms with Crippen molar-refractivity contribution >= 4 is 43.1 Å². The second-order valence-corrected chi connectivity index (χ2v) is 13.8. The lowest BCUT2D eigenvalue weighted by Crippen LogP contribution is -2.38. The molecule has 2 heterocycles. The highest BCUT2D eigenvalue weighted by atomic mass is 32.2. The largest absolute Gasteiger partial charge is 0.393 e. The third-order valence-electron chi connectivity index (χ3n) is 7.65. The Hall–Kier alpha value is -3.26. The number of aromatic nitrogens is 2. The van der Waals surface area contributed by atoms with Gasteiger partial charge in [0.2, 0.25) is 10.0 Å². The van der Waals surface area contributed by atoms with Gasteiger partial charge in [-0.15, -0.1) is 11.3 Å². The van der Waals surface area contributed by atoms with E-state index in [0.29, 0.717) is 41.1 Å². The fourth-order valence-corrected chi connectivity index (χ4v) is 6.86. The van der Waals surface area contributed by atoms with Gasteiger partial charge < -0.3 is 15.3 Å². The number of benzene rings is 2. The number of aliphatic hydroxyl groups excluding tert-OH is 1. The lowest BCUT2D eigenvalue weighted by atomic mass is 10.0. The fourth-order valence-electron chi connectivity index (χ4n) is 5.34. The van der Waals surface area contributed by atoms with Crippen molar-refractivity contribution in [2.45, 2.75) is 50.2 Å². The highest BCUT2D eigenvalue weighted by Crippen LogP contribution is 2.36. The van der Waals surface area contributed by atoms with Crippen LogP contribution in [0.15, 0.2) is 60.9 Å². The summed E-state index contributed by atoms with van der Waals surface area (Å²) < 4.78 is 63.9. The monoisotopic (exact) mass is 619 g/mol. The number of alkyl halides is 3. The molecule has 1 aliphatic rings. The predicted molar refractivity (Wildman–Crippen MR) is 160 cm³/mol. The molecule has 5 rings (SSSR count). The fraction of sp³-hybridized carbons (Fsp3) is 0.379. The lowest BCUT2D eigenvalue weighted by molar-refractivity contribution is -0.126. The van der Waals surface area contributed by atoms with E-state index in [4.69, 9.17) is 0 Å². The van der Waals surface area contributed by atoms with E-state index in [1.807, 2.05) is 47.4 Å². The van der Waals surface area contributed by atoms with Crippen molar-refractivity contribution < 1.29 is 26.7 Å². The van der Waals surface area contributed by atoms with Gasteiger partial charge in [0.25, 0.3) is 0 Å². The molecule has 3 atom stereocenters. The number of likely N-dealkylation sites (N-methyl/N-ethyl adjacent to an activating group) is 1. The summed E-state index contributed by atoms with van der Waals surface area (Å²) in [6, 6.07) is 16.6. The van der Waals surface area contributed by atoms with Crippen LogP contribution in [0.1, 0.15) is 23.3 Å². The Kier molecular flexibility index (Phi) is 8.48. The molecule has 0 amide bonds. The predicted octanol–water partition coefficient (Wildman–Crippen LogP) is 4.98. The Morgan fingerprint density at radius 3 is 2.48 bits per heavy atom. The molecular formula is C29H32F3N5O3S2. The van der Waals surface area contributed by atoms with Crippen LogP contribution in [0.25, 0.3) is 21.3 Å². The second kappa shape index (κ2) is 11.8. The van der Waals surface area contributed by atoms with E-state index in [1.54, 1.807) is 13.1 Å². The number of halogens is 3. The van der Waals surface area contributed by atoms with E-state index in [1.165, 1.54) is 30.0 Å². The Morgan fingerprint density at radius 2 is 1.79 bits per heavy atom. The quantitative estimate of drug-likeness (QED) is 0.273. The molecule has 224 valence electrons. The highest BCUT2D eigenvalue weighted by molar-refractivity contribution is 7.92. The van der Waals surface area contributed by atoms with Gasteiger partial charge in [0, 0.05) is 31.6 Å². The number of sulfonamides is 1. The topological polar surface area (TPSA) is 98.7 Å². The first-order valence-electron chi connectivity index (χ1n) is 13.4.